The highest BCUT2D eigenvalue weighted by Gasteiger charge is 2.38. The van der Waals surface area contributed by atoms with E-state index in [2.05, 4.69) is 13.8 Å². The summed E-state index contributed by atoms with van der Waals surface area (Å²) < 4.78 is 11.5. The van der Waals surface area contributed by atoms with Gasteiger partial charge in [0, 0.05) is 18.4 Å². The highest BCUT2D eigenvalue weighted by Crippen LogP contribution is 2.33. The molecule has 0 aliphatic carbocycles. The molecule has 0 bridgehead atoms. The van der Waals surface area contributed by atoms with Crippen LogP contribution in [0.15, 0.2) is 11.3 Å². The highest BCUT2D eigenvalue weighted by atomic mass is 16.6. The number of carbonyl (C=O) groups is 2. The number of rotatable bonds is 15. The van der Waals surface area contributed by atoms with E-state index in [-0.39, 0.29) is 23.8 Å². The van der Waals surface area contributed by atoms with Crippen LogP contribution in [0.2, 0.25) is 0 Å². The van der Waals surface area contributed by atoms with Gasteiger partial charge in [0.25, 0.3) is 0 Å². The predicted octanol–water partition coefficient (Wildman–Crippen LogP) is 6.81. The summed E-state index contributed by atoms with van der Waals surface area (Å²) in [6.07, 6.45) is 18.4. The van der Waals surface area contributed by atoms with Gasteiger partial charge in [0.15, 0.2) is 5.78 Å². The van der Waals surface area contributed by atoms with Crippen LogP contribution in [0.4, 0.5) is 0 Å². The number of hydrogen-bond donors (Lipinski definition) is 0. The Morgan fingerprint density at radius 1 is 0.655 bits per heavy atom. The van der Waals surface area contributed by atoms with Crippen LogP contribution in [-0.2, 0) is 19.1 Å². The summed E-state index contributed by atoms with van der Waals surface area (Å²) in [4.78, 5) is 25.0. The number of esters is 1. The summed E-state index contributed by atoms with van der Waals surface area (Å²) in [6.45, 7) is 4.44. The molecule has 2 atom stereocenters. The number of cyclic esters (lactones) is 1. The van der Waals surface area contributed by atoms with Gasteiger partial charge in [-0.1, -0.05) is 84.5 Å². The number of ether oxygens (including phenoxy) is 2. The molecular formula is C25H42O4. The molecule has 0 aromatic carbocycles. The lowest BCUT2D eigenvalue weighted by Crippen LogP contribution is -2.36. The Balaban J connectivity index is 1.69. The molecule has 166 valence electrons. The minimum atomic E-state index is -0.417. The van der Waals surface area contributed by atoms with Crippen LogP contribution in [0.1, 0.15) is 123 Å². The van der Waals surface area contributed by atoms with Gasteiger partial charge in [-0.25, -0.2) is 4.79 Å². The monoisotopic (exact) mass is 406 g/mol. The molecule has 29 heavy (non-hydrogen) atoms. The van der Waals surface area contributed by atoms with E-state index in [9.17, 15) is 9.59 Å². The molecule has 0 N–H and O–H groups in total. The Labute approximate surface area is 177 Å². The van der Waals surface area contributed by atoms with Crippen LogP contribution in [0.5, 0.6) is 0 Å². The molecule has 2 aliphatic rings. The van der Waals surface area contributed by atoms with Crippen LogP contribution < -0.4 is 0 Å². The molecule has 4 nitrogen and oxygen atoms in total. The van der Waals surface area contributed by atoms with Gasteiger partial charge in [-0.3, -0.25) is 4.79 Å². The van der Waals surface area contributed by atoms with Crippen LogP contribution in [0.25, 0.3) is 0 Å². The van der Waals surface area contributed by atoms with Gasteiger partial charge in [0.05, 0.1) is 0 Å². The Bertz CT molecular complexity index is 537. The predicted molar refractivity (Wildman–Crippen MR) is 117 cm³/mol. The van der Waals surface area contributed by atoms with Crippen molar-refractivity contribution in [3.05, 3.63) is 11.3 Å². The van der Waals surface area contributed by atoms with E-state index in [0.29, 0.717) is 18.4 Å². The van der Waals surface area contributed by atoms with E-state index in [1.165, 1.54) is 70.6 Å². The summed E-state index contributed by atoms with van der Waals surface area (Å²) in [5, 5.41) is 0. The first-order valence-electron chi connectivity index (χ1n) is 12.3. The topological polar surface area (TPSA) is 52.6 Å². The van der Waals surface area contributed by atoms with E-state index in [0.717, 1.165) is 25.7 Å². The summed E-state index contributed by atoms with van der Waals surface area (Å²) in [5.41, 5.74) is 0.591. The normalized spacial score (nSPS) is 21.7. The molecule has 0 aromatic heterocycles. The van der Waals surface area contributed by atoms with E-state index >= 15 is 0 Å². The van der Waals surface area contributed by atoms with Gasteiger partial charge in [0.2, 0.25) is 5.76 Å². The Morgan fingerprint density at radius 2 is 1.14 bits per heavy atom. The lowest BCUT2D eigenvalue weighted by Gasteiger charge is -2.32. The second kappa shape index (κ2) is 13.8. The fourth-order valence-corrected chi connectivity index (χ4v) is 4.39. The minimum Gasteiger partial charge on any atom is -0.482 e. The second-order valence-corrected chi connectivity index (χ2v) is 8.87. The second-order valence-electron chi connectivity index (χ2n) is 8.87. The zero-order valence-electron chi connectivity index (χ0n) is 18.8. The number of ketones is 1. The molecule has 2 rings (SSSR count). The van der Waals surface area contributed by atoms with Crippen molar-refractivity contribution in [2.45, 2.75) is 135 Å². The molecule has 2 unspecified atom stereocenters. The Morgan fingerprint density at radius 3 is 1.69 bits per heavy atom. The lowest BCUT2D eigenvalue weighted by molar-refractivity contribution is -0.155. The molecular weight excluding hydrogens is 364 g/mol. The molecule has 0 spiro atoms. The van der Waals surface area contributed by atoms with Gasteiger partial charge in [-0.05, 0) is 25.7 Å². The summed E-state index contributed by atoms with van der Waals surface area (Å²) in [7, 11) is 0. The van der Waals surface area contributed by atoms with Gasteiger partial charge >= 0.3 is 5.97 Å². The van der Waals surface area contributed by atoms with Crippen molar-refractivity contribution < 1.29 is 19.1 Å². The van der Waals surface area contributed by atoms with E-state index in [4.69, 9.17) is 9.47 Å². The molecule has 2 aliphatic heterocycles. The van der Waals surface area contributed by atoms with Crippen molar-refractivity contribution in [2.24, 2.45) is 0 Å². The first-order valence-corrected chi connectivity index (χ1v) is 12.3. The zero-order valence-corrected chi connectivity index (χ0v) is 18.8. The third-order valence-electron chi connectivity index (χ3n) is 6.21. The maximum Gasteiger partial charge on any atom is 0.374 e. The third-order valence-corrected chi connectivity index (χ3v) is 6.21. The van der Waals surface area contributed by atoms with Crippen molar-refractivity contribution in [1.29, 1.82) is 0 Å². The molecule has 4 heteroatoms. The average molecular weight is 407 g/mol. The van der Waals surface area contributed by atoms with Crippen molar-refractivity contribution in [3.8, 4) is 0 Å². The van der Waals surface area contributed by atoms with Crippen LogP contribution >= 0.6 is 0 Å². The summed E-state index contributed by atoms with van der Waals surface area (Å²) in [6, 6.07) is 0. The summed E-state index contributed by atoms with van der Waals surface area (Å²) in [5.74, 6) is -0.103. The van der Waals surface area contributed by atoms with Crippen molar-refractivity contribution >= 4 is 11.8 Å². The van der Waals surface area contributed by atoms with Crippen LogP contribution in [-0.4, -0.2) is 24.0 Å². The SMILES string of the molecule is CCCCCCCCCCC1CC2=C(OC(CCCCCCC)CC2=O)C(=O)O1. The number of Topliss-reactive ketones (excluding diaryl/α,β-unsaturated/α-hetero) is 1. The largest absolute Gasteiger partial charge is 0.482 e. The molecule has 0 saturated carbocycles. The first kappa shape index (κ1) is 24.0. The summed E-state index contributed by atoms with van der Waals surface area (Å²) >= 11 is 0. The number of carbonyl (C=O) groups excluding carboxylic acids is 2. The van der Waals surface area contributed by atoms with Gasteiger partial charge in [-0.2, -0.15) is 0 Å². The van der Waals surface area contributed by atoms with E-state index < -0.39 is 5.97 Å². The molecule has 0 aromatic rings. The molecule has 0 fully saturated rings. The first-order chi connectivity index (χ1) is 14.2. The third kappa shape index (κ3) is 8.52. The maximum atomic E-state index is 12.6. The molecule has 0 amide bonds. The average Bonchev–Trinajstić information content (AvgIpc) is 2.71. The van der Waals surface area contributed by atoms with Crippen LogP contribution in [0, 0.1) is 0 Å². The van der Waals surface area contributed by atoms with Crippen molar-refractivity contribution in [3.63, 3.8) is 0 Å². The molecule has 2 heterocycles. The van der Waals surface area contributed by atoms with Crippen molar-refractivity contribution in [1.82, 2.24) is 0 Å². The van der Waals surface area contributed by atoms with Crippen molar-refractivity contribution in [2.75, 3.05) is 0 Å². The van der Waals surface area contributed by atoms with Gasteiger partial charge < -0.3 is 9.47 Å². The molecule has 0 radical (unpaired) electrons. The fraction of sp³-hybridized carbons (Fsp3) is 0.840. The fourth-order valence-electron chi connectivity index (χ4n) is 4.39. The number of unbranched alkanes of at least 4 members (excludes halogenated alkanes) is 11. The molecule has 0 saturated heterocycles. The smallest absolute Gasteiger partial charge is 0.374 e. The Kier molecular flexibility index (Phi) is 11.4. The van der Waals surface area contributed by atoms with Gasteiger partial charge in [-0.15, -0.1) is 0 Å². The number of hydrogen-bond acceptors (Lipinski definition) is 4. The minimum absolute atomic E-state index is 0.0994. The zero-order chi connectivity index (χ0) is 20.9. The van der Waals surface area contributed by atoms with E-state index in [1.807, 2.05) is 0 Å². The highest BCUT2D eigenvalue weighted by molar-refractivity contribution is 6.04. The lowest BCUT2D eigenvalue weighted by atomic mass is 9.90. The maximum absolute atomic E-state index is 12.6. The standard InChI is InChI=1S/C25H42O4/c1-3-5-7-9-10-11-13-15-16-20-18-22-23(26)19-21(17-14-12-8-6-4-2)28-24(22)25(27)29-20/h20-21H,3-19H2,1-2H3. The van der Waals surface area contributed by atoms with Gasteiger partial charge in [0.1, 0.15) is 12.2 Å². The quantitative estimate of drug-likeness (QED) is 0.221. The van der Waals surface area contributed by atoms with E-state index in [1.54, 1.807) is 0 Å². The van der Waals surface area contributed by atoms with Crippen LogP contribution in [0.3, 0.4) is 0 Å². The Hall–Kier alpha value is -1.32.